The number of carbonyl (C=O) groups is 1. The Morgan fingerprint density at radius 3 is 2.45 bits per heavy atom. The normalized spacial score (nSPS) is 20.6. The molecule has 0 radical (unpaired) electrons. The van der Waals surface area contributed by atoms with Crippen LogP contribution in [0.3, 0.4) is 0 Å². The van der Waals surface area contributed by atoms with Crippen LogP contribution in [0.25, 0.3) is 0 Å². The summed E-state index contributed by atoms with van der Waals surface area (Å²) in [6.45, 7) is 0. The van der Waals surface area contributed by atoms with Crippen molar-refractivity contribution in [2.45, 2.75) is 56.2 Å². The number of halogens is 4. The van der Waals surface area contributed by atoms with Crippen LogP contribution in [-0.4, -0.2) is 16.9 Å². The lowest BCUT2D eigenvalue weighted by atomic mass is 9.85. The quantitative estimate of drug-likeness (QED) is 0.740. The lowest BCUT2D eigenvalue weighted by Crippen LogP contribution is -2.33. The van der Waals surface area contributed by atoms with E-state index in [4.69, 9.17) is 11.6 Å². The molecule has 0 spiro atoms. The summed E-state index contributed by atoms with van der Waals surface area (Å²) < 4.78 is 40.0. The molecule has 1 saturated carbocycles. The first-order chi connectivity index (χ1) is 13.7. The van der Waals surface area contributed by atoms with Crippen molar-refractivity contribution in [1.29, 1.82) is 0 Å². The monoisotopic (exact) mass is 424 g/mol. The number of benzene rings is 1. The van der Waals surface area contributed by atoms with Crippen LogP contribution < -0.4 is 10.9 Å². The van der Waals surface area contributed by atoms with E-state index in [-0.39, 0.29) is 22.5 Å². The van der Waals surface area contributed by atoms with Crippen LogP contribution in [0.15, 0.2) is 35.1 Å². The fraction of sp³-hybridized carbons (Fsp3) is 0.429. The predicted octanol–water partition coefficient (Wildman–Crippen LogP) is 4.53. The van der Waals surface area contributed by atoms with E-state index < -0.39 is 17.7 Å². The number of aromatic nitrogens is 1. The summed E-state index contributed by atoms with van der Waals surface area (Å²) in [6.07, 6.45) is -1.40. The molecule has 154 valence electrons. The minimum absolute atomic E-state index is 0.123. The molecule has 29 heavy (non-hydrogen) atoms. The summed E-state index contributed by atoms with van der Waals surface area (Å²) in [5.74, 6) is -0.229. The van der Waals surface area contributed by atoms with E-state index in [9.17, 15) is 22.8 Å². The van der Waals surface area contributed by atoms with Gasteiger partial charge in [-0.25, -0.2) is 0 Å². The number of aromatic amines is 1. The molecule has 2 N–H and O–H groups in total. The van der Waals surface area contributed by atoms with Crippen LogP contribution >= 0.6 is 11.6 Å². The Balaban J connectivity index is 1.68. The predicted molar refractivity (Wildman–Crippen MR) is 103 cm³/mol. The number of amides is 1. The van der Waals surface area contributed by atoms with E-state index >= 15 is 0 Å². The second kappa shape index (κ2) is 7.52. The van der Waals surface area contributed by atoms with E-state index in [0.29, 0.717) is 36.4 Å². The highest BCUT2D eigenvalue weighted by Crippen LogP contribution is 2.39. The van der Waals surface area contributed by atoms with Gasteiger partial charge in [-0.15, -0.1) is 0 Å². The lowest BCUT2D eigenvalue weighted by molar-refractivity contribution is -0.137. The molecule has 1 aromatic carbocycles. The third-order valence-electron chi connectivity index (χ3n) is 5.70. The summed E-state index contributed by atoms with van der Waals surface area (Å²) in [5.41, 5.74) is 0.773. The Hall–Kier alpha value is -2.28. The minimum Gasteiger partial charge on any atom is -0.353 e. The summed E-state index contributed by atoms with van der Waals surface area (Å²) in [5, 5.41) is 2.49. The van der Waals surface area contributed by atoms with Crippen molar-refractivity contribution in [1.82, 2.24) is 10.3 Å². The Kier molecular flexibility index (Phi) is 5.19. The standard InChI is InChI=1S/C21H20ClF3N2O2/c22-17-6-3-12(9-16(17)21(23,24)25)15(18-7-8-19(28)27-18)10-13-4-5-14(11-1-2-11)20(29)26-13/h3-6,9,11,15,18H,1-2,7-8,10H2,(H,26,29)(H,27,28)/t15?,18-/m1/s1. The highest BCUT2D eigenvalue weighted by molar-refractivity contribution is 6.31. The first-order valence-electron chi connectivity index (χ1n) is 9.60. The van der Waals surface area contributed by atoms with Gasteiger partial charge in [-0.3, -0.25) is 9.59 Å². The van der Waals surface area contributed by atoms with Crippen LogP contribution in [0.4, 0.5) is 13.2 Å². The molecular formula is C21H20ClF3N2O2. The third kappa shape index (κ3) is 4.34. The maximum Gasteiger partial charge on any atom is 0.417 e. The molecule has 8 heteroatoms. The summed E-state index contributed by atoms with van der Waals surface area (Å²) in [4.78, 5) is 27.0. The van der Waals surface area contributed by atoms with Gasteiger partial charge in [0.1, 0.15) is 0 Å². The number of hydrogen-bond acceptors (Lipinski definition) is 2. The van der Waals surface area contributed by atoms with Crippen LogP contribution in [-0.2, 0) is 17.4 Å². The molecular weight excluding hydrogens is 405 g/mol. The average molecular weight is 425 g/mol. The van der Waals surface area contributed by atoms with E-state index in [1.165, 1.54) is 6.07 Å². The van der Waals surface area contributed by atoms with Gasteiger partial charge in [0.25, 0.3) is 5.56 Å². The molecule has 4 nitrogen and oxygen atoms in total. The second-order valence-electron chi connectivity index (χ2n) is 7.80. The van der Waals surface area contributed by atoms with Gasteiger partial charge < -0.3 is 10.3 Å². The summed E-state index contributed by atoms with van der Waals surface area (Å²) in [7, 11) is 0. The zero-order valence-corrected chi connectivity index (χ0v) is 16.2. The molecule has 1 saturated heterocycles. The molecule has 1 aliphatic carbocycles. The number of rotatable bonds is 5. The third-order valence-corrected chi connectivity index (χ3v) is 6.03. The molecule has 2 aromatic rings. The highest BCUT2D eigenvalue weighted by Gasteiger charge is 2.36. The van der Waals surface area contributed by atoms with E-state index in [0.717, 1.165) is 24.5 Å². The van der Waals surface area contributed by atoms with Gasteiger partial charge in [-0.05, 0) is 55.4 Å². The summed E-state index contributed by atoms with van der Waals surface area (Å²) >= 11 is 5.77. The maximum absolute atomic E-state index is 13.3. The molecule has 2 heterocycles. The van der Waals surface area contributed by atoms with Gasteiger partial charge in [-0.2, -0.15) is 13.2 Å². The zero-order chi connectivity index (χ0) is 20.8. The van der Waals surface area contributed by atoms with E-state index in [1.54, 1.807) is 12.1 Å². The highest BCUT2D eigenvalue weighted by atomic mass is 35.5. The number of H-pyrrole nitrogens is 1. The van der Waals surface area contributed by atoms with Gasteiger partial charge in [0.2, 0.25) is 5.91 Å². The van der Waals surface area contributed by atoms with Crippen molar-refractivity contribution in [3.05, 3.63) is 68.1 Å². The van der Waals surface area contributed by atoms with Crippen LogP contribution in [0, 0.1) is 0 Å². The fourth-order valence-electron chi connectivity index (χ4n) is 4.02. The maximum atomic E-state index is 13.3. The Morgan fingerprint density at radius 1 is 1.10 bits per heavy atom. The van der Waals surface area contributed by atoms with Gasteiger partial charge in [0.15, 0.2) is 0 Å². The number of carbonyl (C=O) groups excluding carboxylic acids is 1. The van der Waals surface area contributed by atoms with Gasteiger partial charge in [0, 0.05) is 29.6 Å². The molecule has 1 aromatic heterocycles. The Labute approximate surface area is 170 Å². The molecule has 1 amide bonds. The van der Waals surface area contributed by atoms with Crippen molar-refractivity contribution in [2.75, 3.05) is 0 Å². The minimum atomic E-state index is -4.57. The lowest BCUT2D eigenvalue weighted by Gasteiger charge is -2.25. The first-order valence-corrected chi connectivity index (χ1v) is 9.98. The average Bonchev–Trinajstić information content (AvgIpc) is 3.40. The Bertz CT molecular complexity index is 998. The van der Waals surface area contributed by atoms with Crippen molar-refractivity contribution >= 4 is 17.5 Å². The molecule has 2 aliphatic rings. The smallest absolute Gasteiger partial charge is 0.353 e. The molecule has 1 aliphatic heterocycles. The molecule has 1 unspecified atom stereocenters. The SMILES string of the molecule is O=C1CC[C@H](C(Cc2ccc(C3CC3)c(=O)[nH]2)c2ccc(Cl)c(C(F)(F)F)c2)N1. The molecule has 0 bridgehead atoms. The number of alkyl halides is 3. The first kappa shape index (κ1) is 20.0. The van der Waals surface area contributed by atoms with Crippen molar-refractivity contribution in [2.24, 2.45) is 0 Å². The molecule has 2 atom stereocenters. The largest absolute Gasteiger partial charge is 0.417 e. The van der Waals surface area contributed by atoms with Crippen LogP contribution in [0.2, 0.25) is 5.02 Å². The molecule has 2 fully saturated rings. The van der Waals surface area contributed by atoms with E-state index in [1.807, 2.05) is 6.07 Å². The number of pyridine rings is 1. The van der Waals surface area contributed by atoms with Crippen LogP contribution in [0.1, 0.15) is 59.9 Å². The number of nitrogens with one attached hydrogen (secondary N) is 2. The van der Waals surface area contributed by atoms with Crippen molar-refractivity contribution < 1.29 is 18.0 Å². The summed E-state index contributed by atoms with van der Waals surface area (Å²) in [6, 6.07) is 7.16. The van der Waals surface area contributed by atoms with Gasteiger partial charge in [0.05, 0.1) is 10.6 Å². The van der Waals surface area contributed by atoms with Gasteiger partial charge in [-0.1, -0.05) is 23.7 Å². The number of hydrogen-bond donors (Lipinski definition) is 2. The van der Waals surface area contributed by atoms with Crippen molar-refractivity contribution in [3.63, 3.8) is 0 Å². The topological polar surface area (TPSA) is 62.0 Å². The zero-order valence-electron chi connectivity index (χ0n) is 15.5. The van der Waals surface area contributed by atoms with E-state index in [2.05, 4.69) is 10.3 Å². The van der Waals surface area contributed by atoms with Crippen LogP contribution in [0.5, 0.6) is 0 Å². The van der Waals surface area contributed by atoms with Gasteiger partial charge >= 0.3 is 6.18 Å². The molecule has 4 rings (SSSR count). The van der Waals surface area contributed by atoms with Crippen molar-refractivity contribution in [3.8, 4) is 0 Å². The fourth-order valence-corrected chi connectivity index (χ4v) is 4.24. The second-order valence-corrected chi connectivity index (χ2v) is 8.21. The Morgan fingerprint density at radius 2 is 1.86 bits per heavy atom.